The molecule has 0 N–H and O–H groups in total. The second kappa shape index (κ2) is 8.95. The van der Waals surface area contributed by atoms with Crippen LogP contribution in [-0.4, -0.2) is 37.4 Å². The average molecular weight is 581 g/mol. The zero-order valence-corrected chi connectivity index (χ0v) is 24.5. The van der Waals surface area contributed by atoms with E-state index in [1.165, 1.54) is 0 Å². The summed E-state index contributed by atoms with van der Waals surface area (Å²) in [6.07, 6.45) is 0. The van der Waals surface area contributed by atoms with E-state index in [1.807, 2.05) is 0 Å². The normalized spacial score (nSPS) is 12.6. The van der Waals surface area contributed by atoms with E-state index in [4.69, 9.17) is 9.97 Å². The van der Waals surface area contributed by atoms with E-state index in [2.05, 4.69) is 138 Å². The van der Waals surface area contributed by atoms with E-state index in [-0.39, 0.29) is 17.0 Å². The standard InChI is InChI=1S/C31H30N7.BrH/c1-19-28(37-25-13-9-7-11-23(25)35(5)30(37)32-19)27(21-15-17-22(18-16-21)34(3)4)29-20(2)33-31-36(6)24-12-8-10-14-26(24)38(29)31;/h7-18H,1-6H3;1H/q+1;/p-1. The Bertz CT molecular complexity index is 2090. The summed E-state index contributed by atoms with van der Waals surface area (Å²) in [5.41, 5.74) is 11.1. The number of para-hydroxylation sites is 4. The molecule has 0 radical (unpaired) electrons. The molecule has 0 unspecified atom stereocenters. The summed E-state index contributed by atoms with van der Waals surface area (Å²) in [7, 11) is 8.32. The van der Waals surface area contributed by atoms with Gasteiger partial charge >= 0.3 is 5.78 Å². The molecule has 7 rings (SSSR count). The van der Waals surface area contributed by atoms with Crippen LogP contribution in [0.2, 0.25) is 0 Å². The van der Waals surface area contributed by atoms with Gasteiger partial charge in [0.05, 0.1) is 35.0 Å². The molecule has 196 valence electrons. The molecule has 8 heteroatoms. The van der Waals surface area contributed by atoms with Crippen LogP contribution in [0.25, 0.3) is 39.2 Å². The number of fused-ring (bicyclic) bond motifs is 6. The van der Waals surface area contributed by atoms with E-state index in [0.29, 0.717) is 0 Å². The maximum absolute atomic E-state index is 5.09. The van der Waals surface area contributed by atoms with E-state index >= 15 is 0 Å². The highest BCUT2D eigenvalue weighted by Gasteiger charge is 2.28. The second-order valence-corrected chi connectivity index (χ2v) is 10.3. The summed E-state index contributed by atoms with van der Waals surface area (Å²) in [5.74, 6) is 1.86. The minimum Gasteiger partial charge on any atom is -1.00 e. The van der Waals surface area contributed by atoms with Crippen LogP contribution in [0.15, 0.2) is 72.8 Å². The molecule has 4 aromatic heterocycles. The number of rotatable bonds is 3. The Hall–Kier alpha value is -4.17. The van der Waals surface area contributed by atoms with Crippen LogP contribution in [0.5, 0.6) is 0 Å². The molecular weight excluding hydrogens is 550 g/mol. The van der Waals surface area contributed by atoms with Crippen molar-refractivity contribution in [3.05, 3.63) is 101 Å². The van der Waals surface area contributed by atoms with Gasteiger partial charge < -0.3 is 26.4 Å². The smallest absolute Gasteiger partial charge is 0.404 e. The van der Waals surface area contributed by atoms with Crippen LogP contribution in [0.4, 0.5) is 5.69 Å². The van der Waals surface area contributed by atoms with Gasteiger partial charge in [-0.1, -0.05) is 41.4 Å². The fourth-order valence-corrected chi connectivity index (χ4v) is 5.92. The Morgan fingerprint density at radius 1 is 0.769 bits per heavy atom. The minimum atomic E-state index is 0. The Kier molecular flexibility index (Phi) is 5.77. The molecule has 0 fully saturated rings. The number of hydrogen-bond acceptors (Lipinski definition) is 3. The lowest BCUT2D eigenvalue weighted by molar-refractivity contribution is -0.620. The van der Waals surface area contributed by atoms with Crippen molar-refractivity contribution in [1.82, 2.24) is 23.3 Å². The highest BCUT2D eigenvalue weighted by Crippen LogP contribution is 2.31. The predicted molar refractivity (Wildman–Crippen MR) is 153 cm³/mol. The van der Waals surface area contributed by atoms with E-state index < -0.39 is 0 Å². The summed E-state index contributed by atoms with van der Waals surface area (Å²) in [6, 6.07) is 25.8. The summed E-state index contributed by atoms with van der Waals surface area (Å²) < 4.78 is 8.97. The fraction of sp³-hybridized carbons (Fsp3) is 0.194. The first-order valence-electron chi connectivity index (χ1n) is 12.9. The van der Waals surface area contributed by atoms with Crippen LogP contribution in [0.1, 0.15) is 22.6 Å². The maximum atomic E-state index is 5.09. The molecule has 7 nitrogen and oxygen atoms in total. The third-order valence-electron chi connectivity index (χ3n) is 7.78. The Morgan fingerprint density at radius 2 is 1.41 bits per heavy atom. The van der Waals surface area contributed by atoms with Crippen molar-refractivity contribution in [2.75, 3.05) is 19.0 Å². The molecule has 0 bridgehead atoms. The van der Waals surface area contributed by atoms with Gasteiger partial charge in [0.1, 0.15) is 11.0 Å². The number of aryl methyl sites for hydroxylation is 4. The summed E-state index contributed by atoms with van der Waals surface area (Å²) in [4.78, 5) is 12.3. The van der Waals surface area contributed by atoms with Gasteiger partial charge in [-0.2, -0.15) is 4.40 Å². The van der Waals surface area contributed by atoms with Crippen LogP contribution in [0.3, 0.4) is 0 Å². The first-order valence-corrected chi connectivity index (χ1v) is 12.9. The summed E-state index contributed by atoms with van der Waals surface area (Å²) in [6.45, 7) is 4.23. The van der Waals surface area contributed by atoms with Crippen LogP contribution in [0, 0.1) is 13.8 Å². The molecule has 0 aliphatic carbocycles. The fourth-order valence-electron chi connectivity index (χ4n) is 5.92. The lowest BCUT2D eigenvalue weighted by atomic mass is 9.99. The molecule has 39 heavy (non-hydrogen) atoms. The molecule has 0 saturated carbocycles. The number of benzene rings is 3. The van der Waals surface area contributed by atoms with Gasteiger partial charge in [0.2, 0.25) is 5.78 Å². The van der Waals surface area contributed by atoms with Gasteiger partial charge in [-0.05, 0) is 55.8 Å². The van der Waals surface area contributed by atoms with Gasteiger partial charge in [0, 0.05) is 26.8 Å². The molecule has 0 spiro atoms. The van der Waals surface area contributed by atoms with Crippen molar-refractivity contribution in [2.45, 2.75) is 13.8 Å². The number of aromatic nitrogens is 6. The lowest BCUT2D eigenvalue weighted by Gasteiger charge is -2.14. The molecule has 0 atom stereocenters. The third-order valence-corrected chi connectivity index (χ3v) is 7.78. The van der Waals surface area contributed by atoms with Crippen molar-refractivity contribution in [1.29, 1.82) is 0 Å². The largest absolute Gasteiger partial charge is 1.00 e. The monoisotopic (exact) mass is 579 g/mol. The number of nitrogens with zero attached hydrogens (tertiary/aromatic N) is 7. The van der Waals surface area contributed by atoms with Gasteiger partial charge in [0.15, 0.2) is 11.0 Å². The van der Waals surface area contributed by atoms with Gasteiger partial charge in [-0.15, -0.1) is 0 Å². The summed E-state index contributed by atoms with van der Waals surface area (Å²) in [5, 5.41) is 1.09. The Labute approximate surface area is 237 Å². The number of hydrogen-bond donors (Lipinski definition) is 0. The SMILES string of the molecule is Cc1nc2n(C)c3ccccc3n2c1C(c1ccc(N(C)C)cc1)=c1c(C)nc2n1c1ccccc1[n+]2C.[Br-]. The van der Waals surface area contributed by atoms with Crippen molar-refractivity contribution >= 4 is 44.9 Å². The topological polar surface area (TPSA) is 46.6 Å². The number of imidazole rings is 4. The first-order chi connectivity index (χ1) is 18.4. The van der Waals surface area contributed by atoms with Crippen molar-refractivity contribution in [3.8, 4) is 0 Å². The third kappa shape index (κ3) is 3.44. The molecular formula is C31H30BrN7. The van der Waals surface area contributed by atoms with Crippen LogP contribution in [-0.2, 0) is 14.1 Å². The number of halogens is 1. The van der Waals surface area contributed by atoms with Crippen molar-refractivity contribution in [2.24, 2.45) is 14.1 Å². The highest BCUT2D eigenvalue weighted by molar-refractivity contribution is 5.88. The van der Waals surface area contributed by atoms with Gasteiger partial charge in [-0.25, -0.2) is 9.55 Å². The molecule has 0 amide bonds. The lowest BCUT2D eigenvalue weighted by Crippen LogP contribution is -3.00. The van der Waals surface area contributed by atoms with E-state index in [1.54, 1.807) is 0 Å². The van der Waals surface area contributed by atoms with Gasteiger partial charge in [-0.3, -0.25) is 4.40 Å². The van der Waals surface area contributed by atoms with Crippen molar-refractivity contribution < 1.29 is 21.5 Å². The molecule has 4 heterocycles. The van der Waals surface area contributed by atoms with Gasteiger partial charge in [0.25, 0.3) is 0 Å². The van der Waals surface area contributed by atoms with Crippen molar-refractivity contribution in [3.63, 3.8) is 0 Å². The number of anilines is 1. The minimum absolute atomic E-state index is 0. The van der Waals surface area contributed by atoms with E-state index in [0.717, 1.165) is 72.9 Å². The second-order valence-electron chi connectivity index (χ2n) is 10.3. The molecule has 0 aliphatic heterocycles. The predicted octanol–water partition coefficient (Wildman–Crippen LogP) is 1.10. The molecule has 0 saturated heterocycles. The Morgan fingerprint density at radius 3 is 2.10 bits per heavy atom. The Balaban J connectivity index is 0.00000277. The highest BCUT2D eigenvalue weighted by atomic mass is 79.9. The average Bonchev–Trinajstić information content (AvgIpc) is 3.60. The molecule has 7 aromatic rings. The summed E-state index contributed by atoms with van der Waals surface area (Å²) >= 11 is 0. The molecule has 0 aliphatic rings. The first kappa shape index (κ1) is 25.1. The van der Waals surface area contributed by atoms with E-state index in [9.17, 15) is 0 Å². The zero-order chi connectivity index (χ0) is 26.3. The maximum Gasteiger partial charge on any atom is 0.404 e. The molecule has 3 aromatic carbocycles. The van der Waals surface area contributed by atoms with Crippen LogP contribution >= 0.6 is 0 Å². The van der Waals surface area contributed by atoms with Crippen LogP contribution < -0.4 is 31.8 Å². The zero-order valence-electron chi connectivity index (χ0n) is 22.9. The quantitative estimate of drug-likeness (QED) is 0.295.